The zero-order valence-electron chi connectivity index (χ0n) is 16.8. The second kappa shape index (κ2) is 8.87. The molecule has 3 aromatic rings. The van der Waals surface area contributed by atoms with Gasteiger partial charge in [-0.25, -0.2) is 8.42 Å². The monoisotopic (exact) mass is 426 g/mol. The minimum absolute atomic E-state index is 0.00728. The third-order valence-corrected chi connectivity index (χ3v) is 5.50. The molecular formula is C22H22N2O5S. The van der Waals surface area contributed by atoms with Gasteiger partial charge < -0.3 is 14.8 Å². The Morgan fingerprint density at radius 1 is 0.933 bits per heavy atom. The molecule has 3 rings (SSSR count). The van der Waals surface area contributed by atoms with E-state index in [1.165, 1.54) is 32.2 Å². The van der Waals surface area contributed by atoms with Crippen LogP contribution in [-0.2, 0) is 14.8 Å². The largest absolute Gasteiger partial charge is 0.495 e. The van der Waals surface area contributed by atoms with Crippen LogP contribution in [0, 0.1) is 6.92 Å². The van der Waals surface area contributed by atoms with Crippen molar-refractivity contribution in [3.05, 3.63) is 72.3 Å². The van der Waals surface area contributed by atoms with Crippen LogP contribution < -0.4 is 19.5 Å². The molecular weight excluding hydrogens is 404 g/mol. The van der Waals surface area contributed by atoms with E-state index < -0.39 is 10.0 Å². The summed E-state index contributed by atoms with van der Waals surface area (Å²) in [4.78, 5) is 11.4. The van der Waals surface area contributed by atoms with Crippen LogP contribution in [0.15, 0.2) is 71.6 Å². The first kappa shape index (κ1) is 21.2. The van der Waals surface area contributed by atoms with Crippen LogP contribution in [0.4, 0.5) is 11.4 Å². The maximum absolute atomic E-state index is 12.8. The highest BCUT2D eigenvalue weighted by Crippen LogP contribution is 2.29. The van der Waals surface area contributed by atoms with E-state index in [2.05, 4.69) is 10.0 Å². The Labute approximate surface area is 175 Å². The fourth-order valence-corrected chi connectivity index (χ4v) is 3.85. The van der Waals surface area contributed by atoms with E-state index in [1.54, 1.807) is 24.3 Å². The summed E-state index contributed by atoms with van der Waals surface area (Å²) in [5.41, 5.74) is 1.73. The van der Waals surface area contributed by atoms with Crippen LogP contribution in [0.1, 0.15) is 12.5 Å². The molecule has 0 heterocycles. The number of ether oxygens (including phenoxy) is 2. The number of anilines is 2. The summed E-state index contributed by atoms with van der Waals surface area (Å²) < 4.78 is 39.0. The molecule has 3 aromatic carbocycles. The Balaban J connectivity index is 1.77. The molecule has 8 heteroatoms. The van der Waals surface area contributed by atoms with Crippen molar-refractivity contribution in [2.45, 2.75) is 18.7 Å². The van der Waals surface area contributed by atoms with E-state index in [4.69, 9.17) is 9.47 Å². The molecule has 0 saturated carbocycles. The van der Waals surface area contributed by atoms with E-state index in [-0.39, 0.29) is 16.5 Å². The lowest BCUT2D eigenvalue weighted by Gasteiger charge is -2.13. The molecule has 0 aliphatic rings. The highest BCUT2D eigenvalue weighted by molar-refractivity contribution is 7.92. The first-order chi connectivity index (χ1) is 14.3. The maximum atomic E-state index is 12.8. The van der Waals surface area contributed by atoms with Crippen molar-refractivity contribution >= 4 is 27.3 Å². The van der Waals surface area contributed by atoms with Crippen molar-refractivity contribution in [1.29, 1.82) is 0 Å². The standard InChI is InChI=1S/C22H22N2O5S/c1-15-5-4-6-19(13-15)29-18-9-7-17(8-10-18)24-30(26,27)20-11-12-22(28-3)21(14-20)23-16(2)25/h4-14,24H,1-3H3,(H,23,25). The minimum Gasteiger partial charge on any atom is -0.495 e. The van der Waals surface area contributed by atoms with Crippen molar-refractivity contribution in [3.63, 3.8) is 0 Å². The summed E-state index contributed by atoms with van der Waals surface area (Å²) in [5.74, 6) is 1.31. The first-order valence-corrected chi connectivity index (χ1v) is 10.6. The normalized spacial score (nSPS) is 10.9. The number of rotatable bonds is 7. The lowest BCUT2D eigenvalue weighted by molar-refractivity contribution is -0.114. The third-order valence-electron chi connectivity index (χ3n) is 4.12. The summed E-state index contributed by atoms with van der Waals surface area (Å²) in [7, 11) is -2.43. The molecule has 0 aromatic heterocycles. The van der Waals surface area contributed by atoms with E-state index in [0.29, 0.717) is 22.9 Å². The smallest absolute Gasteiger partial charge is 0.261 e. The Morgan fingerprint density at radius 3 is 2.30 bits per heavy atom. The van der Waals surface area contributed by atoms with Gasteiger partial charge in [-0.1, -0.05) is 12.1 Å². The first-order valence-electron chi connectivity index (χ1n) is 9.10. The highest BCUT2D eigenvalue weighted by Gasteiger charge is 2.17. The minimum atomic E-state index is -3.87. The van der Waals surface area contributed by atoms with Crippen molar-refractivity contribution in [1.82, 2.24) is 0 Å². The molecule has 1 amide bonds. The van der Waals surface area contributed by atoms with Gasteiger partial charge in [-0.3, -0.25) is 9.52 Å². The fraction of sp³-hybridized carbons (Fsp3) is 0.136. The number of methoxy groups -OCH3 is 1. The predicted molar refractivity (Wildman–Crippen MR) is 116 cm³/mol. The number of benzene rings is 3. The van der Waals surface area contributed by atoms with Crippen molar-refractivity contribution in [3.8, 4) is 17.2 Å². The summed E-state index contributed by atoms with van der Waals surface area (Å²) >= 11 is 0. The SMILES string of the molecule is COc1ccc(S(=O)(=O)Nc2ccc(Oc3cccc(C)c3)cc2)cc1NC(C)=O. The quantitative estimate of drug-likeness (QED) is 0.578. The third kappa shape index (κ3) is 5.30. The Morgan fingerprint density at radius 2 is 1.67 bits per heavy atom. The van der Waals surface area contributed by atoms with E-state index in [0.717, 1.165) is 5.56 Å². The predicted octanol–water partition coefficient (Wildman–Crippen LogP) is 4.56. The molecule has 0 atom stereocenters. The molecule has 7 nitrogen and oxygen atoms in total. The summed E-state index contributed by atoms with van der Waals surface area (Å²) in [6.07, 6.45) is 0. The molecule has 2 N–H and O–H groups in total. The van der Waals surface area contributed by atoms with Gasteiger partial charge in [0.25, 0.3) is 10.0 Å². The van der Waals surface area contributed by atoms with Crippen molar-refractivity contribution in [2.24, 2.45) is 0 Å². The van der Waals surface area contributed by atoms with Gasteiger partial charge in [-0.2, -0.15) is 0 Å². The number of aryl methyl sites for hydroxylation is 1. The van der Waals surface area contributed by atoms with Gasteiger partial charge in [0.15, 0.2) is 0 Å². The number of sulfonamides is 1. The topological polar surface area (TPSA) is 93.7 Å². The fourth-order valence-electron chi connectivity index (χ4n) is 2.76. The van der Waals surface area contributed by atoms with E-state index in [1.807, 2.05) is 31.2 Å². The van der Waals surface area contributed by atoms with Crippen molar-refractivity contribution < 1.29 is 22.7 Å². The molecule has 0 fully saturated rings. The average Bonchev–Trinajstić information content (AvgIpc) is 2.69. The Hall–Kier alpha value is -3.52. The van der Waals surface area contributed by atoms with Crippen LogP contribution in [0.2, 0.25) is 0 Å². The number of amides is 1. The van der Waals surface area contributed by atoms with Crippen LogP contribution >= 0.6 is 0 Å². The second-order valence-electron chi connectivity index (χ2n) is 6.59. The maximum Gasteiger partial charge on any atom is 0.261 e. The lowest BCUT2D eigenvalue weighted by atomic mass is 10.2. The van der Waals surface area contributed by atoms with Gasteiger partial charge >= 0.3 is 0 Å². The summed E-state index contributed by atoms with van der Waals surface area (Å²) in [6.45, 7) is 3.31. The van der Waals surface area contributed by atoms with Gasteiger partial charge in [-0.15, -0.1) is 0 Å². The number of carbonyl (C=O) groups excluding carboxylic acids is 1. The Bertz CT molecular complexity index is 1160. The molecule has 0 bridgehead atoms. The molecule has 0 aliphatic carbocycles. The lowest BCUT2D eigenvalue weighted by Crippen LogP contribution is -2.14. The van der Waals surface area contributed by atoms with Gasteiger partial charge in [0.2, 0.25) is 5.91 Å². The molecule has 30 heavy (non-hydrogen) atoms. The average molecular weight is 426 g/mol. The summed E-state index contributed by atoms with van der Waals surface area (Å²) in [5, 5.41) is 2.56. The molecule has 0 radical (unpaired) electrons. The number of hydrogen-bond acceptors (Lipinski definition) is 5. The molecule has 0 spiro atoms. The highest BCUT2D eigenvalue weighted by atomic mass is 32.2. The van der Waals surface area contributed by atoms with Gasteiger partial charge in [-0.05, 0) is 67.1 Å². The zero-order valence-corrected chi connectivity index (χ0v) is 17.6. The summed E-state index contributed by atoms with van der Waals surface area (Å²) in [6, 6.07) is 18.4. The van der Waals surface area contributed by atoms with E-state index >= 15 is 0 Å². The van der Waals surface area contributed by atoms with Gasteiger partial charge in [0.05, 0.1) is 17.7 Å². The van der Waals surface area contributed by atoms with Gasteiger partial charge in [0.1, 0.15) is 17.2 Å². The molecule has 0 aliphatic heterocycles. The molecule has 156 valence electrons. The van der Waals surface area contributed by atoms with E-state index in [9.17, 15) is 13.2 Å². The van der Waals surface area contributed by atoms with Crippen LogP contribution in [0.25, 0.3) is 0 Å². The molecule has 0 saturated heterocycles. The van der Waals surface area contributed by atoms with Gasteiger partial charge in [0, 0.05) is 12.6 Å². The number of carbonyl (C=O) groups is 1. The Kier molecular flexibility index (Phi) is 6.27. The molecule has 0 unspecified atom stereocenters. The second-order valence-corrected chi connectivity index (χ2v) is 8.27. The zero-order chi connectivity index (χ0) is 21.7. The van der Waals surface area contributed by atoms with Crippen molar-refractivity contribution in [2.75, 3.05) is 17.1 Å². The van der Waals surface area contributed by atoms with Crippen LogP contribution in [-0.4, -0.2) is 21.4 Å². The number of hydrogen-bond donors (Lipinski definition) is 2. The van der Waals surface area contributed by atoms with Crippen LogP contribution in [0.5, 0.6) is 17.2 Å². The number of nitrogens with one attached hydrogen (secondary N) is 2. The van der Waals surface area contributed by atoms with Crippen LogP contribution in [0.3, 0.4) is 0 Å².